The number of aryl methyl sites for hydroxylation is 1. The molecule has 1 saturated heterocycles. The number of aromatic nitrogens is 3. The van der Waals surface area contributed by atoms with Crippen LogP contribution in [0, 0.1) is 6.92 Å². The molecule has 0 unspecified atom stereocenters. The maximum Gasteiger partial charge on any atom is 0.251 e. The van der Waals surface area contributed by atoms with Crippen LogP contribution in [0.1, 0.15) is 41.6 Å². The Morgan fingerprint density at radius 3 is 2.82 bits per heavy atom. The predicted octanol–water partition coefficient (Wildman–Crippen LogP) is 3.80. The van der Waals surface area contributed by atoms with Crippen LogP contribution >= 0.6 is 11.3 Å². The number of anilines is 1. The van der Waals surface area contributed by atoms with Crippen LogP contribution in [0.5, 0.6) is 0 Å². The molecule has 144 valence electrons. The molecule has 0 spiro atoms. The van der Waals surface area contributed by atoms with Crippen LogP contribution in [-0.4, -0.2) is 39.8 Å². The molecule has 2 aliphatic rings. The van der Waals surface area contributed by atoms with Crippen molar-refractivity contribution in [3.8, 4) is 16.1 Å². The Morgan fingerprint density at radius 2 is 2.04 bits per heavy atom. The average molecular weight is 394 g/mol. The van der Waals surface area contributed by atoms with Crippen LogP contribution in [0.4, 0.5) is 5.13 Å². The molecular weight excluding hydrogens is 370 g/mol. The third-order valence-corrected chi connectivity index (χ3v) is 6.44. The van der Waals surface area contributed by atoms with Crippen molar-refractivity contribution >= 4 is 22.4 Å². The molecule has 1 saturated carbocycles. The Morgan fingerprint density at radius 1 is 1.21 bits per heavy atom. The van der Waals surface area contributed by atoms with Gasteiger partial charge in [-0.15, -0.1) is 0 Å². The highest BCUT2D eigenvalue weighted by Gasteiger charge is 2.24. The van der Waals surface area contributed by atoms with Crippen molar-refractivity contribution in [2.75, 3.05) is 18.0 Å². The summed E-state index contributed by atoms with van der Waals surface area (Å²) in [5.74, 6) is 0.00820. The molecule has 2 aromatic heterocycles. The van der Waals surface area contributed by atoms with Gasteiger partial charge in [0.2, 0.25) is 0 Å². The highest BCUT2D eigenvalue weighted by molar-refractivity contribution is 7.18. The Hall–Kier alpha value is -2.67. The molecule has 0 bridgehead atoms. The molecule has 1 amide bonds. The predicted molar refractivity (Wildman–Crippen MR) is 111 cm³/mol. The molecule has 1 aliphatic carbocycles. The second-order valence-electron chi connectivity index (χ2n) is 7.63. The molecule has 7 heteroatoms. The normalized spacial score (nSPS) is 16.5. The Bertz CT molecular complexity index is 1010. The third kappa shape index (κ3) is 3.42. The second-order valence-corrected chi connectivity index (χ2v) is 8.61. The van der Waals surface area contributed by atoms with Crippen LogP contribution in [0.25, 0.3) is 16.1 Å². The van der Waals surface area contributed by atoms with E-state index in [1.54, 1.807) is 11.3 Å². The quantitative estimate of drug-likeness (QED) is 0.716. The van der Waals surface area contributed by atoms with Crippen LogP contribution in [0.3, 0.4) is 0 Å². The van der Waals surface area contributed by atoms with Gasteiger partial charge in [0.1, 0.15) is 5.00 Å². The number of thiazole rings is 1. The molecule has 2 fully saturated rings. The molecule has 28 heavy (non-hydrogen) atoms. The fourth-order valence-corrected chi connectivity index (χ4v) is 4.47. The molecule has 1 aromatic carbocycles. The highest BCUT2D eigenvalue weighted by atomic mass is 32.1. The number of nitrogens with one attached hydrogen (secondary N) is 1. The molecule has 6 nitrogen and oxygen atoms in total. The van der Waals surface area contributed by atoms with Gasteiger partial charge in [0.25, 0.3) is 5.91 Å². The SMILES string of the molecule is Cc1ccc(C(=O)NC2CC2)cc1-c1cnn(-c2cnc(N3CCCC3)s2)c1. The van der Waals surface area contributed by atoms with Gasteiger partial charge in [-0.2, -0.15) is 5.10 Å². The number of hydrogen-bond donors (Lipinski definition) is 1. The Labute approximate surface area is 168 Å². The van der Waals surface area contributed by atoms with E-state index in [-0.39, 0.29) is 5.91 Å². The summed E-state index contributed by atoms with van der Waals surface area (Å²) >= 11 is 1.67. The van der Waals surface area contributed by atoms with Crippen molar-refractivity contribution in [2.45, 2.75) is 38.6 Å². The summed E-state index contributed by atoms with van der Waals surface area (Å²) in [6.45, 7) is 4.24. The van der Waals surface area contributed by atoms with Crippen molar-refractivity contribution in [3.63, 3.8) is 0 Å². The first-order chi connectivity index (χ1) is 13.7. The maximum absolute atomic E-state index is 12.4. The summed E-state index contributed by atoms with van der Waals surface area (Å²) in [6, 6.07) is 6.23. The number of benzene rings is 1. The fraction of sp³-hybridized carbons (Fsp3) is 0.381. The second kappa shape index (κ2) is 7.05. The Balaban J connectivity index is 1.40. The van der Waals surface area contributed by atoms with Crippen molar-refractivity contribution < 1.29 is 4.79 Å². The lowest BCUT2D eigenvalue weighted by Gasteiger charge is -2.11. The van der Waals surface area contributed by atoms with Crippen LogP contribution in [0.2, 0.25) is 0 Å². The lowest BCUT2D eigenvalue weighted by Crippen LogP contribution is -2.25. The first-order valence-corrected chi connectivity index (χ1v) is 10.7. The summed E-state index contributed by atoms with van der Waals surface area (Å²) in [4.78, 5) is 19.3. The monoisotopic (exact) mass is 393 g/mol. The number of rotatable bonds is 5. The summed E-state index contributed by atoms with van der Waals surface area (Å²) in [5.41, 5.74) is 3.88. The van der Waals surface area contributed by atoms with E-state index >= 15 is 0 Å². The molecular formula is C21H23N5OS. The van der Waals surface area contributed by atoms with Gasteiger partial charge in [-0.1, -0.05) is 17.4 Å². The topological polar surface area (TPSA) is 63.1 Å². The van der Waals surface area contributed by atoms with E-state index in [4.69, 9.17) is 0 Å². The lowest BCUT2D eigenvalue weighted by atomic mass is 10.0. The van der Waals surface area contributed by atoms with Crippen molar-refractivity contribution in [3.05, 3.63) is 47.9 Å². The van der Waals surface area contributed by atoms with Gasteiger partial charge in [0.05, 0.1) is 12.4 Å². The maximum atomic E-state index is 12.4. The number of amides is 1. The minimum atomic E-state index is 0.00820. The molecule has 0 radical (unpaired) electrons. The largest absolute Gasteiger partial charge is 0.349 e. The van der Waals surface area contributed by atoms with E-state index in [1.807, 2.05) is 41.5 Å². The van der Waals surface area contributed by atoms with Gasteiger partial charge in [0.15, 0.2) is 5.13 Å². The molecule has 5 rings (SSSR count). The van der Waals surface area contributed by atoms with E-state index in [1.165, 1.54) is 12.8 Å². The fourth-order valence-electron chi connectivity index (χ4n) is 3.57. The summed E-state index contributed by atoms with van der Waals surface area (Å²) in [7, 11) is 0. The first kappa shape index (κ1) is 17.4. The zero-order valence-electron chi connectivity index (χ0n) is 15.9. The third-order valence-electron chi connectivity index (χ3n) is 5.39. The minimum absolute atomic E-state index is 0.00820. The summed E-state index contributed by atoms with van der Waals surface area (Å²) in [6.07, 6.45) is 10.4. The Kier molecular flexibility index (Phi) is 4.39. The standard InChI is InChI=1S/C21H23N5OS/c1-14-4-5-15(20(27)24-17-6-7-17)10-18(14)16-11-23-26(13-16)19-12-22-21(28-19)25-8-2-3-9-25/h4-5,10-13,17H,2-3,6-9H2,1H3,(H,24,27). The number of carbonyl (C=O) groups excluding carboxylic acids is 1. The van der Waals surface area contributed by atoms with E-state index in [0.717, 1.165) is 52.8 Å². The van der Waals surface area contributed by atoms with Gasteiger partial charge >= 0.3 is 0 Å². The van der Waals surface area contributed by atoms with E-state index in [0.29, 0.717) is 11.6 Å². The van der Waals surface area contributed by atoms with Crippen LogP contribution in [0.15, 0.2) is 36.8 Å². The van der Waals surface area contributed by atoms with E-state index in [9.17, 15) is 4.79 Å². The van der Waals surface area contributed by atoms with Gasteiger partial charge in [-0.3, -0.25) is 4.79 Å². The van der Waals surface area contributed by atoms with Crippen molar-refractivity contribution in [1.82, 2.24) is 20.1 Å². The van der Waals surface area contributed by atoms with Gasteiger partial charge in [-0.05, 0) is 55.9 Å². The first-order valence-electron chi connectivity index (χ1n) is 9.85. The summed E-state index contributed by atoms with van der Waals surface area (Å²) in [5, 5.41) is 9.68. The zero-order chi connectivity index (χ0) is 19.1. The van der Waals surface area contributed by atoms with E-state index < -0.39 is 0 Å². The minimum Gasteiger partial charge on any atom is -0.349 e. The van der Waals surface area contributed by atoms with Gasteiger partial charge in [-0.25, -0.2) is 9.67 Å². The molecule has 0 atom stereocenters. The summed E-state index contributed by atoms with van der Waals surface area (Å²) < 4.78 is 1.88. The van der Waals surface area contributed by atoms with Gasteiger partial charge < -0.3 is 10.2 Å². The lowest BCUT2D eigenvalue weighted by molar-refractivity contribution is 0.0951. The van der Waals surface area contributed by atoms with Gasteiger partial charge in [0, 0.05) is 36.5 Å². The smallest absolute Gasteiger partial charge is 0.251 e. The number of nitrogens with zero attached hydrogens (tertiary/aromatic N) is 4. The van der Waals surface area contributed by atoms with Crippen molar-refractivity contribution in [1.29, 1.82) is 0 Å². The van der Waals surface area contributed by atoms with E-state index in [2.05, 4.69) is 27.2 Å². The zero-order valence-corrected chi connectivity index (χ0v) is 16.7. The van der Waals surface area contributed by atoms with Crippen LogP contribution < -0.4 is 10.2 Å². The highest BCUT2D eigenvalue weighted by Crippen LogP contribution is 2.30. The number of hydrogen-bond acceptors (Lipinski definition) is 5. The molecule has 1 N–H and O–H groups in total. The number of carbonyl (C=O) groups is 1. The molecule has 1 aliphatic heterocycles. The van der Waals surface area contributed by atoms with Crippen LogP contribution in [-0.2, 0) is 0 Å². The molecule has 3 aromatic rings. The average Bonchev–Trinajstić information content (AvgIpc) is 3.17. The van der Waals surface area contributed by atoms with Crippen molar-refractivity contribution in [2.24, 2.45) is 0 Å². The molecule has 3 heterocycles.